The normalized spacial score (nSPS) is 18.4. The van der Waals surface area contributed by atoms with Crippen LogP contribution in [-0.2, 0) is 24.1 Å². The summed E-state index contributed by atoms with van der Waals surface area (Å²) >= 11 is 1.56. The first kappa shape index (κ1) is 16.1. The van der Waals surface area contributed by atoms with Gasteiger partial charge in [-0.3, -0.25) is 4.79 Å². The second-order valence-corrected chi connectivity index (χ2v) is 7.37. The molecule has 5 nitrogen and oxygen atoms in total. The van der Waals surface area contributed by atoms with Crippen LogP contribution in [0.3, 0.4) is 0 Å². The third kappa shape index (κ3) is 2.61. The zero-order valence-electron chi connectivity index (χ0n) is 13.9. The number of aryl methyl sites for hydroxylation is 1. The second kappa shape index (κ2) is 6.19. The van der Waals surface area contributed by atoms with Gasteiger partial charge in [-0.2, -0.15) is 0 Å². The van der Waals surface area contributed by atoms with E-state index in [0.29, 0.717) is 30.9 Å². The summed E-state index contributed by atoms with van der Waals surface area (Å²) in [5.74, 6) is -0.614. The second-order valence-electron chi connectivity index (χ2n) is 6.37. The lowest BCUT2D eigenvalue weighted by atomic mass is 9.96. The van der Waals surface area contributed by atoms with Gasteiger partial charge in [0, 0.05) is 17.8 Å². The van der Waals surface area contributed by atoms with E-state index in [1.54, 1.807) is 11.3 Å². The molecular formula is C19H19NO4S. The van der Waals surface area contributed by atoms with E-state index < -0.39 is 12.0 Å². The fourth-order valence-corrected chi connectivity index (χ4v) is 4.60. The summed E-state index contributed by atoms with van der Waals surface area (Å²) in [5, 5.41) is 11.6. The number of ether oxygens (including phenoxy) is 1. The van der Waals surface area contributed by atoms with Crippen molar-refractivity contribution in [3.63, 3.8) is 0 Å². The molecule has 2 aliphatic heterocycles. The van der Waals surface area contributed by atoms with Crippen molar-refractivity contribution in [1.82, 2.24) is 4.90 Å². The molecule has 0 saturated heterocycles. The summed E-state index contributed by atoms with van der Waals surface area (Å²) < 4.78 is 5.70. The van der Waals surface area contributed by atoms with Crippen LogP contribution < -0.4 is 4.74 Å². The van der Waals surface area contributed by atoms with Gasteiger partial charge in [-0.05, 0) is 47.0 Å². The molecule has 0 radical (unpaired) electrons. The van der Waals surface area contributed by atoms with Crippen LogP contribution in [0.4, 0.5) is 0 Å². The fraction of sp³-hybridized carbons (Fsp3) is 0.368. The first-order chi connectivity index (χ1) is 12.1. The lowest BCUT2D eigenvalue weighted by Gasteiger charge is -2.33. The molecule has 25 heavy (non-hydrogen) atoms. The van der Waals surface area contributed by atoms with Gasteiger partial charge in [0.2, 0.25) is 0 Å². The highest BCUT2D eigenvalue weighted by atomic mass is 32.1. The van der Waals surface area contributed by atoms with Crippen molar-refractivity contribution >= 4 is 23.2 Å². The summed E-state index contributed by atoms with van der Waals surface area (Å²) in [7, 11) is 0. The topological polar surface area (TPSA) is 66.8 Å². The van der Waals surface area contributed by atoms with Gasteiger partial charge in [0.05, 0.1) is 12.2 Å². The third-order valence-electron chi connectivity index (χ3n) is 4.94. The van der Waals surface area contributed by atoms with Gasteiger partial charge in [0.1, 0.15) is 5.75 Å². The molecule has 1 aromatic carbocycles. The first-order valence-electron chi connectivity index (χ1n) is 8.48. The number of benzene rings is 1. The first-order valence-corrected chi connectivity index (χ1v) is 9.36. The van der Waals surface area contributed by atoms with Crippen LogP contribution >= 0.6 is 11.3 Å². The smallest absolute Gasteiger partial charge is 0.331 e. The number of aliphatic carboxylic acids is 1. The number of nitrogens with zero attached hydrogens (tertiary/aromatic N) is 1. The summed E-state index contributed by atoms with van der Waals surface area (Å²) in [6, 6.07) is 4.83. The number of carbonyl (C=O) groups is 2. The SMILES string of the molecule is CCc1cc2c(c(C(=O)N3CCc4sccc4C3C(=O)O)c1)OCC2. The molecule has 4 rings (SSSR count). The number of carboxylic acids is 1. The number of fused-ring (bicyclic) bond motifs is 2. The Hall–Kier alpha value is -2.34. The van der Waals surface area contributed by atoms with Crippen molar-refractivity contribution in [1.29, 1.82) is 0 Å². The minimum absolute atomic E-state index is 0.252. The van der Waals surface area contributed by atoms with Gasteiger partial charge < -0.3 is 14.7 Å². The molecule has 1 aromatic heterocycles. The number of hydrogen-bond donors (Lipinski definition) is 1. The molecule has 2 aliphatic rings. The Morgan fingerprint density at radius 2 is 2.20 bits per heavy atom. The quantitative estimate of drug-likeness (QED) is 0.917. The Morgan fingerprint density at radius 3 is 2.96 bits per heavy atom. The minimum atomic E-state index is -0.989. The average molecular weight is 357 g/mol. The van der Waals surface area contributed by atoms with Crippen LogP contribution in [0.15, 0.2) is 23.6 Å². The van der Waals surface area contributed by atoms with E-state index in [4.69, 9.17) is 4.74 Å². The minimum Gasteiger partial charge on any atom is -0.492 e. The predicted octanol–water partition coefficient (Wildman–Crippen LogP) is 3.07. The average Bonchev–Trinajstić information content (AvgIpc) is 3.27. The van der Waals surface area contributed by atoms with Crippen molar-refractivity contribution in [2.24, 2.45) is 0 Å². The molecule has 0 bridgehead atoms. The molecule has 1 atom stereocenters. The van der Waals surface area contributed by atoms with Crippen LogP contribution in [0.25, 0.3) is 0 Å². The molecule has 1 unspecified atom stereocenters. The number of amides is 1. The van der Waals surface area contributed by atoms with Crippen molar-refractivity contribution in [3.05, 3.63) is 50.7 Å². The third-order valence-corrected chi connectivity index (χ3v) is 5.94. The van der Waals surface area contributed by atoms with Gasteiger partial charge in [-0.15, -0.1) is 11.3 Å². The monoisotopic (exact) mass is 357 g/mol. The van der Waals surface area contributed by atoms with Gasteiger partial charge in [0.25, 0.3) is 5.91 Å². The maximum Gasteiger partial charge on any atom is 0.331 e. The highest BCUT2D eigenvalue weighted by Crippen LogP contribution is 2.37. The summed E-state index contributed by atoms with van der Waals surface area (Å²) in [5.41, 5.74) is 3.36. The number of carboxylic acid groups (broad SMARTS) is 1. The van der Waals surface area contributed by atoms with E-state index in [-0.39, 0.29) is 5.91 Å². The summed E-state index contributed by atoms with van der Waals surface area (Å²) in [6.45, 7) is 3.03. The molecule has 2 aromatic rings. The standard InChI is InChI=1S/C19H19NO4S/c1-2-11-9-12-4-7-24-17(12)14(10-11)18(21)20-6-3-15-13(5-8-25-15)16(20)19(22)23/h5,8-10,16H,2-4,6-7H2,1H3,(H,22,23). The van der Waals surface area contributed by atoms with Crippen molar-refractivity contribution < 1.29 is 19.4 Å². The summed E-state index contributed by atoms with van der Waals surface area (Å²) in [4.78, 5) is 27.7. The fourth-order valence-electron chi connectivity index (χ4n) is 3.69. The van der Waals surface area contributed by atoms with Gasteiger partial charge in [-0.25, -0.2) is 4.79 Å². The molecule has 0 fully saturated rings. The Labute approximate surface area is 149 Å². The number of thiophene rings is 1. The number of carbonyl (C=O) groups excluding carboxylic acids is 1. The van der Waals surface area contributed by atoms with Crippen LogP contribution in [0, 0.1) is 0 Å². The zero-order chi connectivity index (χ0) is 17.6. The van der Waals surface area contributed by atoms with Crippen LogP contribution in [0.2, 0.25) is 0 Å². The molecule has 130 valence electrons. The van der Waals surface area contributed by atoms with E-state index in [9.17, 15) is 14.7 Å². The van der Waals surface area contributed by atoms with E-state index >= 15 is 0 Å². The molecule has 1 amide bonds. The largest absolute Gasteiger partial charge is 0.492 e. The molecule has 6 heteroatoms. The van der Waals surface area contributed by atoms with E-state index in [1.807, 2.05) is 24.4 Å². The zero-order valence-corrected chi connectivity index (χ0v) is 14.8. The highest BCUT2D eigenvalue weighted by Gasteiger charge is 2.38. The van der Waals surface area contributed by atoms with Gasteiger partial charge in [0.15, 0.2) is 6.04 Å². The van der Waals surface area contributed by atoms with E-state index in [0.717, 1.165) is 34.4 Å². The predicted molar refractivity (Wildman–Crippen MR) is 94.5 cm³/mol. The molecule has 1 N–H and O–H groups in total. The maximum atomic E-state index is 13.3. The van der Waals surface area contributed by atoms with Crippen LogP contribution in [0.5, 0.6) is 5.75 Å². The molecule has 0 aliphatic carbocycles. The highest BCUT2D eigenvalue weighted by molar-refractivity contribution is 7.10. The Kier molecular flexibility index (Phi) is 4.00. The van der Waals surface area contributed by atoms with Crippen molar-refractivity contribution in [2.75, 3.05) is 13.2 Å². The number of hydrogen-bond acceptors (Lipinski definition) is 4. The molecule has 0 spiro atoms. The van der Waals surface area contributed by atoms with Gasteiger partial charge >= 0.3 is 5.97 Å². The lowest BCUT2D eigenvalue weighted by Crippen LogP contribution is -2.43. The van der Waals surface area contributed by atoms with Gasteiger partial charge in [-0.1, -0.05) is 13.0 Å². The van der Waals surface area contributed by atoms with Crippen LogP contribution in [-0.4, -0.2) is 35.0 Å². The molecule has 0 saturated carbocycles. The Morgan fingerprint density at radius 1 is 1.36 bits per heavy atom. The Bertz CT molecular complexity index is 857. The Balaban J connectivity index is 1.77. The summed E-state index contributed by atoms with van der Waals surface area (Å²) in [6.07, 6.45) is 2.31. The molecular weight excluding hydrogens is 338 g/mol. The van der Waals surface area contributed by atoms with Crippen molar-refractivity contribution in [3.8, 4) is 5.75 Å². The number of rotatable bonds is 3. The van der Waals surface area contributed by atoms with Crippen LogP contribution in [0.1, 0.15) is 44.9 Å². The van der Waals surface area contributed by atoms with E-state index in [1.165, 1.54) is 4.90 Å². The lowest BCUT2D eigenvalue weighted by molar-refractivity contribution is -0.142. The molecule has 3 heterocycles. The van der Waals surface area contributed by atoms with E-state index in [2.05, 4.69) is 6.07 Å². The van der Waals surface area contributed by atoms with Crippen molar-refractivity contribution in [2.45, 2.75) is 32.2 Å². The maximum absolute atomic E-state index is 13.3.